The molecule has 0 bridgehead atoms. The second-order valence-corrected chi connectivity index (χ2v) is 8.64. The topological polar surface area (TPSA) is 42.2 Å². The van der Waals surface area contributed by atoms with E-state index in [-0.39, 0.29) is 0 Å². The molecule has 138 valence electrons. The van der Waals surface area contributed by atoms with E-state index in [0.29, 0.717) is 6.04 Å². The molecule has 0 aliphatic heterocycles. The second-order valence-electron chi connectivity index (χ2n) is 7.16. The first-order valence-corrected chi connectivity index (χ1v) is 10.7. The highest BCUT2D eigenvalue weighted by Gasteiger charge is 2.26. The molecule has 26 heavy (non-hydrogen) atoms. The summed E-state index contributed by atoms with van der Waals surface area (Å²) in [4.78, 5) is 5.04. The number of nitrogens with zero attached hydrogens (tertiary/aromatic N) is 3. The van der Waals surface area contributed by atoms with E-state index in [1.807, 2.05) is 4.52 Å². The Balaban J connectivity index is 1.99. The van der Waals surface area contributed by atoms with Crippen LogP contribution >= 0.6 is 22.9 Å². The third kappa shape index (κ3) is 2.72. The van der Waals surface area contributed by atoms with Crippen LogP contribution in [0, 0.1) is 13.8 Å². The Kier molecular flexibility index (Phi) is 4.70. The number of halogens is 1. The average molecular weight is 389 g/mol. The molecule has 0 saturated heterocycles. The summed E-state index contributed by atoms with van der Waals surface area (Å²) in [5.74, 6) is 1.13. The maximum Gasteiger partial charge on any atom is 0.165 e. The van der Waals surface area contributed by atoms with Gasteiger partial charge in [0, 0.05) is 22.9 Å². The van der Waals surface area contributed by atoms with Gasteiger partial charge in [-0.2, -0.15) is 9.61 Å². The zero-order valence-electron chi connectivity index (χ0n) is 15.8. The number of aromatic nitrogens is 3. The van der Waals surface area contributed by atoms with E-state index in [9.17, 15) is 0 Å². The molecule has 0 unspecified atom stereocenters. The normalized spacial score (nSPS) is 13.8. The first kappa shape index (κ1) is 17.8. The molecular weight excluding hydrogens is 364 g/mol. The SMILES string of the molecule is CCC(CC)Nc1c2c(nc3c(-c4c(C)csc4Cl)c(C)nn13)CCC2. The van der Waals surface area contributed by atoms with Gasteiger partial charge in [-0.25, -0.2) is 4.98 Å². The van der Waals surface area contributed by atoms with Gasteiger partial charge in [-0.1, -0.05) is 25.4 Å². The van der Waals surface area contributed by atoms with Crippen LogP contribution in [0.3, 0.4) is 0 Å². The number of anilines is 1. The number of hydrogen-bond donors (Lipinski definition) is 1. The predicted octanol–water partition coefficient (Wildman–Crippen LogP) is 5.82. The monoisotopic (exact) mass is 388 g/mol. The van der Waals surface area contributed by atoms with Crippen molar-refractivity contribution >= 4 is 34.4 Å². The number of thiophene rings is 1. The Hall–Kier alpha value is -1.59. The van der Waals surface area contributed by atoms with Crippen LogP contribution in [0.4, 0.5) is 5.82 Å². The molecule has 0 amide bonds. The van der Waals surface area contributed by atoms with E-state index in [2.05, 4.69) is 38.4 Å². The molecule has 6 heteroatoms. The minimum Gasteiger partial charge on any atom is -0.367 e. The summed E-state index contributed by atoms with van der Waals surface area (Å²) < 4.78 is 2.85. The van der Waals surface area contributed by atoms with Gasteiger partial charge >= 0.3 is 0 Å². The van der Waals surface area contributed by atoms with Crippen molar-refractivity contribution in [1.82, 2.24) is 14.6 Å². The second kappa shape index (κ2) is 6.86. The van der Waals surface area contributed by atoms with Gasteiger partial charge in [0.15, 0.2) is 5.65 Å². The lowest BCUT2D eigenvalue weighted by Crippen LogP contribution is -2.21. The van der Waals surface area contributed by atoms with Crippen LogP contribution in [0.1, 0.15) is 55.6 Å². The Labute approximate surface area is 163 Å². The van der Waals surface area contributed by atoms with E-state index in [1.54, 1.807) is 11.3 Å². The molecule has 0 spiro atoms. The highest BCUT2D eigenvalue weighted by atomic mass is 35.5. The van der Waals surface area contributed by atoms with Gasteiger partial charge < -0.3 is 5.32 Å². The first-order valence-electron chi connectivity index (χ1n) is 9.46. The first-order chi connectivity index (χ1) is 12.5. The molecule has 4 rings (SSSR count). The fraction of sp³-hybridized carbons (Fsp3) is 0.500. The summed E-state index contributed by atoms with van der Waals surface area (Å²) in [5, 5.41) is 10.8. The lowest BCUT2D eigenvalue weighted by atomic mass is 10.1. The molecule has 0 saturated carbocycles. The van der Waals surface area contributed by atoms with Crippen LogP contribution in [0.25, 0.3) is 16.8 Å². The van der Waals surface area contributed by atoms with Gasteiger partial charge in [0.1, 0.15) is 10.2 Å². The molecule has 4 nitrogen and oxygen atoms in total. The van der Waals surface area contributed by atoms with Crippen LogP contribution in [0.2, 0.25) is 4.34 Å². The fourth-order valence-corrected chi connectivity index (χ4v) is 5.13. The average Bonchev–Trinajstić information content (AvgIpc) is 3.30. The van der Waals surface area contributed by atoms with Crippen molar-refractivity contribution in [2.24, 2.45) is 0 Å². The number of aryl methyl sites for hydroxylation is 3. The molecular formula is C20H25ClN4S. The van der Waals surface area contributed by atoms with Crippen molar-refractivity contribution in [3.8, 4) is 11.1 Å². The van der Waals surface area contributed by atoms with Gasteiger partial charge in [0.25, 0.3) is 0 Å². The predicted molar refractivity (Wildman–Crippen MR) is 111 cm³/mol. The summed E-state index contributed by atoms with van der Waals surface area (Å²) in [6.45, 7) is 8.63. The zero-order valence-corrected chi connectivity index (χ0v) is 17.4. The Morgan fingerprint density at radius 1 is 1.23 bits per heavy atom. The molecule has 0 aromatic carbocycles. The molecule has 3 heterocycles. The summed E-state index contributed by atoms with van der Waals surface area (Å²) in [6.07, 6.45) is 5.48. The largest absolute Gasteiger partial charge is 0.367 e. The van der Waals surface area contributed by atoms with Crippen LogP contribution in [0.15, 0.2) is 5.38 Å². The van der Waals surface area contributed by atoms with Gasteiger partial charge in [-0.05, 0) is 56.9 Å². The molecule has 0 atom stereocenters. The molecule has 3 aromatic heterocycles. The summed E-state index contributed by atoms with van der Waals surface area (Å²) >= 11 is 8.11. The van der Waals surface area contributed by atoms with Crippen molar-refractivity contribution < 1.29 is 0 Å². The van der Waals surface area contributed by atoms with Crippen molar-refractivity contribution in [3.63, 3.8) is 0 Å². The summed E-state index contributed by atoms with van der Waals surface area (Å²) in [5.41, 5.74) is 7.83. The fourth-order valence-electron chi connectivity index (χ4n) is 3.97. The number of hydrogen-bond acceptors (Lipinski definition) is 4. The van der Waals surface area contributed by atoms with Crippen LogP contribution in [-0.4, -0.2) is 20.6 Å². The molecule has 1 N–H and O–H groups in total. The Morgan fingerprint density at radius 2 is 2.00 bits per heavy atom. The number of nitrogens with one attached hydrogen (secondary N) is 1. The van der Waals surface area contributed by atoms with Gasteiger partial charge in [0.05, 0.1) is 11.3 Å². The Morgan fingerprint density at radius 3 is 2.65 bits per heavy atom. The van der Waals surface area contributed by atoms with Gasteiger partial charge in [-0.15, -0.1) is 11.3 Å². The van der Waals surface area contributed by atoms with E-state index in [0.717, 1.165) is 58.3 Å². The molecule has 0 radical (unpaired) electrons. The maximum atomic E-state index is 6.53. The van der Waals surface area contributed by atoms with Crippen LogP contribution in [-0.2, 0) is 12.8 Å². The lowest BCUT2D eigenvalue weighted by Gasteiger charge is -2.19. The smallest absolute Gasteiger partial charge is 0.165 e. The highest BCUT2D eigenvalue weighted by Crippen LogP contribution is 2.41. The van der Waals surface area contributed by atoms with E-state index >= 15 is 0 Å². The van der Waals surface area contributed by atoms with Crippen molar-refractivity contribution in [2.45, 2.75) is 65.8 Å². The molecule has 1 aliphatic carbocycles. The minimum atomic E-state index is 0.449. The quantitative estimate of drug-likeness (QED) is 0.599. The van der Waals surface area contributed by atoms with E-state index < -0.39 is 0 Å². The van der Waals surface area contributed by atoms with Gasteiger partial charge in [0.2, 0.25) is 0 Å². The third-order valence-corrected chi connectivity index (χ3v) is 6.81. The highest BCUT2D eigenvalue weighted by molar-refractivity contribution is 7.15. The van der Waals surface area contributed by atoms with E-state index in [4.69, 9.17) is 21.7 Å². The van der Waals surface area contributed by atoms with Crippen LogP contribution in [0.5, 0.6) is 0 Å². The lowest BCUT2D eigenvalue weighted by molar-refractivity contribution is 0.661. The van der Waals surface area contributed by atoms with Crippen molar-refractivity contribution in [1.29, 1.82) is 0 Å². The van der Waals surface area contributed by atoms with Gasteiger partial charge in [-0.3, -0.25) is 0 Å². The van der Waals surface area contributed by atoms with Crippen molar-refractivity contribution in [3.05, 3.63) is 32.2 Å². The maximum absolute atomic E-state index is 6.53. The molecule has 0 fully saturated rings. The zero-order chi connectivity index (χ0) is 18.4. The number of rotatable bonds is 5. The molecule has 3 aromatic rings. The van der Waals surface area contributed by atoms with E-state index in [1.165, 1.54) is 23.2 Å². The summed E-state index contributed by atoms with van der Waals surface area (Å²) in [7, 11) is 0. The van der Waals surface area contributed by atoms with Crippen molar-refractivity contribution in [2.75, 3.05) is 5.32 Å². The minimum absolute atomic E-state index is 0.449. The third-order valence-electron chi connectivity index (χ3n) is 5.47. The molecule has 1 aliphatic rings. The van der Waals surface area contributed by atoms with Crippen LogP contribution < -0.4 is 5.32 Å². The summed E-state index contributed by atoms with van der Waals surface area (Å²) in [6, 6.07) is 0.449. The standard InChI is InChI=1S/C20H25ClN4S/c1-5-13(6-2)22-19-14-8-7-9-15(14)23-20-17(12(4)24-25(19)20)16-11(3)10-26-18(16)21/h10,13,22H,5-9H2,1-4H3. The Bertz CT molecular complexity index is 949. The number of fused-ring (bicyclic) bond motifs is 2.